The summed E-state index contributed by atoms with van der Waals surface area (Å²) in [5.74, 6) is 0.862. The first kappa shape index (κ1) is 23.4. The Hall–Kier alpha value is -5.54. The molecule has 0 aliphatic carbocycles. The largest absolute Gasteiger partial charge is 0.283 e. The van der Waals surface area contributed by atoms with E-state index in [1.54, 1.807) is 0 Å². The molecule has 2 aromatic heterocycles. The molecule has 192 valence electrons. The molecule has 0 bridgehead atoms. The van der Waals surface area contributed by atoms with Crippen LogP contribution in [-0.2, 0) is 0 Å². The maximum Gasteiger partial charge on any atom is 0.138 e. The van der Waals surface area contributed by atoms with Crippen LogP contribution >= 0.6 is 0 Å². The van der Waals surface area contributed by atoms with Crippen LogP contribution in [0.2, 0.25) is 0 Å². The van der Waals surface area contributed by atoms with Gasteiger partial charge in [0.1, 0.15) is 12.1 Å². The van der Waals surface area contributed by atoms with E-state index in [9.17, 15) is 0 Å². The number of nitrogens with zero attached hydrogens (tertiary/aromatic N) is 3. The molecule has 0 atom stereocenters. The van der Waals surface area contributed by atoms with Crippen molar-refractivity contribution in [1.29, 1.82) is 0 Å². The summed E-state index contributed by atoms with van der Waals surface area (Å²) in [5.41, 5.74) is 9.26. The SMILES string of the molecule is c1ccc(-c2c3ccccc3c(-c3ccccc3)c3cc(-c4ccc5c(c4)ncn5-c4ccccn4)ccc23)cc1. The van der Waals surface area contributed by atoms with Crippen molar-refractivity contribution in [1.82, 2.24) is 14.5 Å². The summed E-state index contributed by atoms with van der Waals surface area (Å²) < 4.78 is 2.03. The highest BCUT2D eigenvalue weighted by atomic mass is 15.1. The second kappa shape index (κ2) is 9.58. The number of benzene rings is 6. The normalized spacial score (nSPS) is 11.4. The molecule has 3 nitrogen and oxygen atoms in total. The highest BCUT2D eigenvalue weighted by Gasteiger charge is 2.17. The number of hydrogen-bond acceptors (Lipinski definition) is 2. The zero-order valence-corrected chi connectivity index (χ0v) is 22.3. The maximum absolute atomic E-state index is 4.73. The molecule has 0 fully saturated rings. The summed E-state index contributed by atoms with van der Waals surface area (Å²) in [4.78, 5) is 9.23. The molecule has 0 N–H and O–H groups in total. The molecule has 8 rings (SSSR count). The van der Waals surface area contributed by atoms with Gasteiger partial charge in [0.05, 0.1) is 11.0 Å². The smallest absolute Gasteiger partial charge is 0.138 e. The molecule has 2 heterocycles. The molecule has 0 saturated carbocycles. The summed E-state index contributed by atoms with van der Waals surface area (Å²) in [5, 5.41) is 5.01. The summed E-state index contributed by atoms with van der Waals surface area (Å²) >= 11 is 0. The monoisotopic (exact) mass is 523 g/mol. The zero-order valence-electron chi connectivity index (χ0n) is 22.3. The van der Waals surface area contributed by atoms with Crippen molar-refractivity contribution in [3.63, 3.8) is 0 Å². The van der Waals surface area contributed by atoms with Crippen LogP contribution in [0.25, 0.3) is 71.8 Å². The molecule has 3 heteroatoms. The highest BCUT2D eigenvalue weighted by Crippen LogP contribution is 2.44. The van der Waals surface area contributed by atoms with Gasteiger partial charge in [0, 0.05) is 6.20 Å². The Labute approximate surface area is 238 Å². The molecule has 0 amide bonds. The topological polar surface area (TPSA) is 30.7 Å². The van der Waals surface area contributed by atoms with E-state index in [0.29, 0.717) is 0 Å². The molecule has 0 aliphatic heterocycles. The maximum atomic E-state index is 4.73. The molecule has 0 radical (unpaired) electrons. The van der Waals surface area contributed by atoms with Gasteiger partial charge in [0.15, 0.2) is 0 Å². The fourth-order valence-corrected chi connectivity index (χ4v) is 6.06. The molecular weight excluding hydrogens is 498 g/mol. The van der Waals surface area contributed by atoms with E-state index in [-0.39, 0.29) is 0 Å². The lowest BCUT2D eigenvalue weighted by molar-refractivity contribution is 1.02. The lowest BCUT2D eigenvalue weighted by Gasteiger charge is -2.18. The fourth-order valence-electron chi connectivity index (χ4n) is 6.06. The lowest BCUT2D eigenvalue weighted by atomic mass is 9.85. The van der Waals surface area contributed by atoms with E-state index in [1.165, 1.54) is 49.4 Å². The van der Waals surface area contributed by atoms with Gasteiger partial charge >= 0.3 is 0 Å². The Morgan fingerprint density at radius 3 is 1.68 bits per heavy atom. The number of imidazole rings is 1. The van der Waals surface area contributed by atoms with Crippen molar-refractivity contribution in [3.8, 4) is 39.2 Å². The summed E-state index contributed by atoms with van der Waals surface area (Å²) in [6, 6.07) is 49.6. The van der Waals surface area contributed by atoms with Crippen molar-refractivity contribution in [3.05, 3.63) is 152 Å². The molecule has 0 aliphatic rings. The van der Waals surface area contributed by atoms with Gasteiger partial charge in [-0.05, 0) is 85.3 Å². The van der Waals surface area contributed by atoms with Gasteiger partial charge < -0.3 is 0 Å². The van der Waals surface area contributed by atoms with Crippen molar-refractivity contribution in [2.45, 2.75) is 0 Å². The molecule has 0 spiro atoms. The van der Waals surface area contributed by atoms with E-state index in [2.05, 4.69) is 126 Å². The van der Waals surface area contributed by atoms with Crippen LogP contribution < -0.4 is 0 Å². The minimum Gasteiger partial charge on any atom is -0.283 e. The predicted octanol–water partition coefficient (Wildman–Crippen LogP) is 9.73. The van der Waals surface area contributed by atoms with E-state index in [1.807, 2.05) is 35.3 Å². The second-order valence-electron chi connectivity index (χ2n) is 10.3. The lowest BCUT2D eigenvalue weighted by Crippen LogP contribution is -1.94. The first-order chi connectivity index (χ1) is 20.3. The van der Waals surface area contributed by atoms with Crippen molar-refractivity contribution in [2.75, 3.05) is 0 Å². The first-order valence-electron chi connectivity index (χ1n) is 13.8. The number of hydrogen-bond donors (Lipinski definition) is 0. The number of aromatic nitrogens is 3. The van der Waals surface area contributed by atoms with Crippen LogP contribution in [0.4, 0.5) is 0 Å². The van der Waals surface area contributed by atoms with Gasteiger partial charge in [0.2, 0.25) is 0 Å². The standard InChI is InChI=1S/C38H25N3/c1-3-11-26(12-4-1)37-30-15-7-8-16-31(30)38(27-13-5-2-6-14-27)33-23-28(18-20-32(33)37)29-19-21-35-34(24-29)40-25-41(35)36-17-9-10-22-39-36/h1-25H. The Morgan fingerprint density at radius 2 is 1.00 bits per heavy atom. The Balaban J connectivity index is 1.39. The van der Waals surface area contributed by atoms with Gasteiger partial charge in [-0.3, -0.25) is 4.57 Å². The molecule has 0 saturated heterocycles. The van der Waals surface area contributed by atoms with Crippen molar-refractivity contribution >= 4 is 32.6 Å². The van der Waals surface area contributed by atoms with E-state index < -0.39 is 0 Å². The van der Waals surface area contributed by atoms with Crippen LogP contribution in [0.15, 0.2) is 152 Å². The van der Waals surface area contributed by atoms with Crippen LogP contribution in [0.3, 0.4) is 0 Å². The van der Waals surface area contributed by atoms with E-state index in [4.69, 9.17) is 4.98 Å². The molecular formula is C38H25N3. The number of rotatable bonds is 4. The Morgan fingerprint density at radius 1 is 0.415 bits per heavy atom. The van der Waals surface area contributed by atoms with Crippen LogP contribution in [-0.4, -0.2) is 14.5 Å². The first-order valence-corrected chi connectivity index (χ1v) is 13.8. The minimum absolute atomic E-state index is 0.862. The molecule has 41 heavy (non-hydrogen) atoms. The van der Waals surface area contributed by atoms with Gasteiger partial charge in [-0.25, -0.2) is 9.97 Å². The molecule has 8 aromatic rings. The van der Waals surface area contributed by atoms with Crippen molar-refractivity contribution < 1.29 is 0 Å². The fraction of sp³-hybridized carbons (Fsp3) is 0. The Bertz CT molecular complexity index is 2180. The molecule has 0 unspecified atom stereocenters. The molecule has 6 aromatic carbocycles. The van der Waals surface area contributed by atoms with Gasteiger partial charge in [0.25, 0.3) is 0 Å². The minimum atomic E-state index is 0.862. The summed E-state index contributed by atoms with van der Waals surface area (Å²) in [7, 11) is 0. The van der Waals surface area contributed by atoms with Crippen LogP contribution in [0.1, 0.15) is 0 Å². The van der Waals surface area contributed by atoms with Gasteiger partial charge in [-0.2, -0.15) is 0 Å². The van der Waals surface area contributed by atoms with E-state index in [0.717, 1.165) is 22.4 Å². The van der Waals surface area contributed by atoms with E-state index >= 15 is 0 Å². The van der Waals surface area contributed by atoms with Gasteiger partial charge in [-0.1, -0.05) is 109 Å². The third-order valence-corrected chi connectivity index (χ3v) is 7.93. The van der Waals surface area contributed by atoms with Crippen molar-refractivity contribution in [2.24, 2.45) is 0 Å². The average Bonchev–Trinajstić information content (AvgIpc) is 3.48. The van der Waals surface area contributed by atoms with Crippen LogP contribution in [0.5, 0.6) is 0 Å². The number of fused-ring (bicyclic) bond motifs is 3. The number of pyridine rings is 1. The van der Waals surface area contributed by atoms with Gasteiger partial charge in [-0.15, -0.1) is 0 Å². The highest BCUT2D eigenvalue weighted by molar-refractivity contribution is 6.22. The third kappa shape index (κ3) is 3.90. The second-order valence-corrected chi connectivity index (χ2v) is 10.3. The zero-order chi connectivity index (χ0) is 27.2. The summed E-state index contributed by atoms with van der Waals surface area (Å²) in [6.07, 6.45) is 3.66. The summed E-state index contributed by atoms with van der Waals surface area (Å²) in [6.45, 7) is 0. The average molecular weight is 524 g/mol. The predicted molar refractivity (Wildman–Crippen MR) is 170 cm³/mol. The quantitative estimate of drug-likeness (QED) is 0.215. The third-order valence-electron chi connectivity index (χ3n) is 7.93. The Kier molecular flexibility index (Phi) is 5.46. The van der Waals surface area contributed by atoms with Crippen LogP contribution in [0, 0.1) is 0 Å².